The Morgan fingerprint density at radius 3 is 0.440 bits per heavy atom. The van der Waals surface area contributed by atoms with E-state index in [9.17, 15) is 0 Å². The van der Waals surface area contributed by atoms with Crippen LogP contribution >= 0.6 is 31.7 Å². The fourth-order valence-corrected chi connectivity index (χ4v) is 26.1. The van der Waals surface area contributed by atoms with E-state index < -0.39 is 52.2 Å². The van der Waals surface area contributed by atoms with Crippen LogP contribution in [-0.2, 0) is 60.3 Å². The van der Waals surface area contributed by atoms with E-state index in [1.807, 2.05) is 0 Å². The second-order valence-electron chi connectivity index (χ2n) is 28.6. The molecule has 0 saturated carbocycles. The zero-order chi connectivity index (χ0) is 80.1. The summed E-state index contributed by atoms with van der Waals surface area (Å²) in [6, 6.07) is 127. The van der Waals surface area contributed by atoms with Gasteiger partial charge in [-0.25, -0.2) is 0 Å². The van der Waals surface area contributed by atoms with Crippen LogP contribution in [0.3, 0.4) is 0 Å². The Morgan fingerprint density at radius 1 is 0.216 bits per heavy atom. The van der Waals surface area contributed by atoms with Crippen LogP contribution < -0.4 is 70.4 Å². The molecule has 0 aliphatic carbocycles. The number of nitrogens with zero attached hydrogens (tertiary/aromatic N) is 4. The van der Waals surface area contributed by atoms with E-state index in [-0.39, 0.29) is 34.1 Å². The van der Waals surface area contributed by atoms with Crippen molar-refractivity contribution in [3.8, 4) is 0 Å². The Hall–Kier alpha value is -7.02. The van der Waals surface area contributed by atoms with E-state index in [0.717, 1.165) is 103 Å². The molecule has 0 aliphatic heterocycles. The van der Waals surface area contributed by atoms with Gasteiger partial charge in [-0.2, -0.15) is 28.0 Å². The zero-order valence-corrected chi connectivity index (χ0v) is 73.5. The van der Waals surface area contributed by atoms with Crippen LogP contribution in [0.2, 0.25) is 0 Å². The van der Waals surface area contributed by atoms with E-state index in [1.54, 1.807) is 0 Å². The van der Waals surface area contributed by atoms with E-state index in [1.165, 1.54) is 108 Å². The normalized spacial score (nSPS) is 11.6. The Balaban J connectivity index is 0.000000234. The van der Waals surface area contributed by atoms with Crippen molar-refractivity contribution in [1.82, 2.24) is 19.6 Å². The molecular weight excluding hydrogens is 1660 g/mol. The van der Waals surface area contributed by atoms with E-state index in [2.05, 4.69) is 387 Å². The molecule has 2 N–H and O–H groups in total. The Morgan fingerprint density at radius 2 is 0.328 bits per heavy atom. The maximum atomic E-state index is 8.60. The van der Waals surface area contributed by atoms with Gasteiger partial charge in [0.25, 0.3) is 0 Å². The first-order valence-corrected chi connectivity index (χ1v) is 48.7. The van der Waals surface area contributed by atoms with Gasteiger partial charge >= 0.3 is 0 Å². The van der Waals surface area contributed by atoms with Crippen LogP contribution in [0.5, 0.6) is 0 Å². The topological polar surface area (TPSA) is 192 Å². The van der Waals surface area contributed by atoms with Gasteiger partial charge in [0, 0.05) is 86.5 Å². The van der Waals surface area contributed by atoms with Crippen LogP contribution in [0.15, 0.2) is 340 Å². The van der Waals surface area contributed by atoms with Crippen molar-refractivity contribution in [1.29, 1.82) is 0 Å². The zero-order valence-electron chi connectivity index (χ0n) is 66.1. The molecule has 610 valence electrons. The average molecular weight is 1770 g/mol. The number of fused-ring (bicyclic) bond motifs is 4. The van der Waals surface area contributed by atoms with Crippen molar-refractivity contribution >= 4 is 117 Å². The molecule has 2 radical (unpaired) electrons. The molecule has 0 aliphatic rings. The van der Waals surface area contributed by atoms with Crippen molar-refractivity contribution in [3.05, 3.63) is 362 Å². The first-order chi connectivity index (χ1) is 55.5. The van der Waals surface area contributed by atoms with Crippen LogP contribution in [0, 0.1) is 20.5 Å². The Kier molecular flexibility index (Phi) is 38.2. The number of rotatable bonds is 32. The molecule has 0 bridgehead atoms. The van der Waals surface area contributed by atoms with E-state index in [0.29, 0.717) is 0 Å². The molecule has 0 atom stereocenters. The molecule has 0 saturated heterocycles. The summed E-state index contributed by atoms with van der Waals surface area (Å²) in [5, 5.41) is 23.0. The summed E-state index contributed by atoms with van der Waals surface area (Å²) in [6.07, 6.45) is 8.82. The van der Waals surface area contributed by atoms with Crippen molar-refractivity contribution < 1.29 is 91.9 Å². The van der Waals surface area contributed by atoms with Crippen LogP contribution in [0.1, 0.15) is 75.6 Å². The van der Waals surface area contributed by atoms with Gasteiger partial charge in [-0.1, -0.05) is 270 Å². The fraction of sp³-hybridized carbons (Fsp3) is 0.208. The summed E-state index contributed by atoms with van der Waals surface area (Å²) in [6.45, 7) is 17.4. The predicted molar refractivity (Wildman–Crippen MR) is 471 cm³/mol. The minimum Gasteiger partial charge on any atom is -0.267 e. The summed E-state index contributed by atoms with van der Waals surface area (Å²) in [5.41, 5.74) is 5.86. The SMILES string of the molecule is CCCN(Cc1c2ccccc2c(CN(CCC)C[PH+](c2ccccc2)c2ccccc2)c2ccccc12)C[PH+](c1ccccc1)c1ccccc1.CCCN(Cc1c2ccccc2c(CN(CCC)C[PH+](c2ccccc2)c2ccccc2)c2ccccc12)C[PH+](c1ccccc1)c1ccccc1.[Cu].[Cu].[O-][Cl+3]([O-])([O-])O.[O-][Cl+3]([O-])([O-])O. The molecule has 0 fully saturated rings. The van der Waals surface area contributed by atoms with Crippen molar-refractivity contribution in [2.45, 2.75) is 79.6 Å². The van der Waals surface area contributed by atoms with Crippen molar-refractivity contribution in [3.63, 3.8) is 0 Å². The molecule has 0 amide bonds. The minimum absolute atomic E-state index is 0. The van der Waals surface area contributed by atoms with Gasteiger partial charge in [0.15, 0.2) is 0 Å². The van der Waals surface area contributed by atoms with Crippen molar-refractivity contribution in [2.75, 3.05) is 51.3 Å². The molecule has 0 spiro atoms. The number of hydrogen-bond donors (Lipinski definition) is 2. The fourth-order valence-electron chi connectivity index (χ4n) is 15.7. The van der Waals surface area contributed by atoms with Crippen LogP contribution in [-0.4, -0.2) is 80.2 Å². The summed E-state index contributed by atoms with van der Waals surface area (Å²) in [5.74, 6) is 0. The molecular formula is C96H106Cl2Cu2N4O8P4+4. The van der Waals surface area contributed by atoms with Gasteiger partial charge < -0.3 is 0 Å². The molecule has 12 nitrogen and oxygen atoms in total. The number of halogens is 2. The third-order valence-corrected chi connectivity index (χ3v) is 31.8. The second kappa shape index (κ2) is 47.7. The van der Waals surface area contributed by atoms with Gasteiger partial charge in [-0.05, 0) is 188 Å². The molecule has 14 aromatic rings. The molecule has 20 heteroatoms. The second-order valence-corrected chi connectivity index (χ2v) is 39.9. The van der Waals surface area contributed by atoms with Gasteiger partial charge in [0.05, 0.1) is 104 Å². The van der Waals surface area contributed by atoms with E-state index in [4.69, 9.17) is 37.3 Å². The summed E-state index contributed by atoms with van der Waals surface area (Å²) in [4.78, 5) is 11.0. The maximum Gasteiger partial charge on any atom is 0.119 e. The summed E-state index contributed by atoms with van der Waals surface area (Å²) in [7, 11) is -13.4. The molecule has 116 heavy (non-hydrogen) atoms. The maximum absolute atomic E-state index is 8.60. The quantitative estimate of drug-likeness (QED) is 0.0231. The minimum atomic E-state index is -4.69. The smallest absolute Gasteiger partial charge is 0.119 e. The largest absolute Gasteiger partial charge is 0.267 e. The third-order valence-electron chi connectivity index (χ3n) is 20.5. The van der Waals surface area contributed by atoms with E-state index >= 15 is 0 Å². The first-order valence-electron chi connectivity index (χ1n) is 39.3. The molecule has 0 heterocycles. The van der Waals surface area contributed by atoms with Gasteiger partial charge in [0.2, 0.25) is 0 Å². The summed E-state index contributed by atoms with van der Waals surface area (Å²) >= 11 is 0. The monoisotopic (exact) mass is 1760 g/mol. The third kappa shape index (κ3) is 27.5. The summed E-state index contributed by atoms with van der Waals surface area (Å²) < 4.78 is 65.4. The molecule has 0 unspecified atom stereocenters. The molecule has 0 aromatic heterocycles. The predicted octanol–water partition coefficient (Wildman–Crippen LogP) is 11.9. The Labute approximate surface area is 715 Å². The Bertz CT molecular complexity index is 4270. The molecule has 14 aromatic carbocycles. The van der Waals surface area contributed by atoms with Gasteiger partial charge in [0.1, 0.15) is 25.1 Å². The number of benzene rings is 14. The van der Waals surface area contributed by atoms with Crippen LogP contribution in [0.4, 0.5) is 0 Å². The molecule has 14 rings (SSSR count). The van der Waals surface area contributed by atoms with Crippen molar-refractivity contribution in [2.24, 2.45) is 0 Å². The average Bonchev–Trinajstić information content (AvgIpc) is 0.751. The van der Waals surface area contributed by atoms with Gasteiger partial charge in [-0.15, -0.1) is 0 Å². The van der Waals surface area contributed by atoms with Crippen LogP contribution in [0.25, 0.3) is 43.1 Å². The number of hydrogen-bond acceptors (Lipinski definition) is 12. The standard InChI is InChI=1S/2C48H50N2P2.2ClHO4.2Cu/c2*1-3-33-49(37-51(39-21-9-5-10-22-39)40-23-11-6-12-24-40)35-47-43-29-17-19-31-45(43)48(46-32-20-18-30-44(46)47)36-50(34-4-2)38-52(41-25-13-7-14-26-41)42-27-15-8-16-28-42;2*2-1(3,4)5;;/h2*5-32H,3-4,33-38H2,1-2H3;2*(H,2,3,4,5);;/p+4. The first kappa shape index (κ1) is 92.9. The van der Waals surface area contributed by atoms with Gasteiger partial charge in [-0.3, -0.25) is 19.6 Å².